The molecule has 0 saturated heterocycles. The van der Waals surface area contributed by atoms with Gasteiger partial charge in [0.15, 0.2) is 0 Å². The normalized spacial score (nSPS) is 12.5. The van der Waals surface area contributed by atoms with Crippen molar-refractivity contribution in [3.8, 4) is 0 Å². The fourth-order valence-electron chi connectivity index (χ4n) is 3.92. The molecule has 2 amide bonds. The molecule has 202 valence electrons. The van der Waals surface area contributed by atoms with Crippen molar-refractivity contribution < 1.29 is 18.0 Å². The smallest absolute Gasteiger partial charge is 0.264 e. The highest BCUT2D eigenvalue weighted by Crippen LogP contribution is 2.27. The van der Waals surface area contributed by atoms with E-state index >= 15 is 0 Å². The third kappa shape index (κ3) is 7.45. The van der Waals surface area contributed by atoms with Crippen molar-refractivity contribution in [3.05, 3.63) is 94.5 Å². The number of nitrogens with one attached hydrogen (secondary N) is 1. The van der Waals surface area contributed by atoms with Crippen LogP contribution in [0.5, 0.6) is 0 Å². The summed E-state index contributed by atoms with van der Waals surface area (Å²) in [5.41, 5.74) is 1.42. The van der Waals surface area contributed by atoms with Crippen LogP contribution in [0.2, 0.25) is 0 Å². The molecule has 0 heterocycles. The molecule has 7 nitrogen and oxygen atoms in total. The summed E-state index contributed by atoms with van der Waals surface area (Å²) in [6.45, 7) is 8.72. The molecule has 0 saturated carbocycles. The Kier molecular flexibility index (Phi) is 9.38. The van der Waals surface area contributed by atoms with Crippen molar-refractivity contribution in [2.75, 3.05) is 10.8 Å². The summed E-state index contributed by atoms with van der Waals surface area (Å²) in [6, 6.07) is 21.6. The maximum atomic E-state index is 13.9. The lowest BCUT2D eigenvalue weighted by Crippen LogP contribution is -2.54. The molecular weight excluding hydrogens is 566 g/mol. The van der Waals surface area contributed by atoms with Gasteiger partial charge in [0.1, 0.15) is 12.6 Å². The largest absolute Gasteiger partial charge is 0.350 e. The van der Waals surface area contributed by atoms with Crippen LogP contribution in [-0.4, -0.2) is 43.3 Å². The van der Waals surface area contributed by atoms with Crippen molar-refractivity contribution in [2.45, 2.75) is 57.6 Å². The van der Waals surface area contributed by atoms with Crippen LogP contribution in [0.15, 0.2) is 88.2 Å². The van der Waals surface area contributed by atoms with Gasteiger partial charge in [0.2, 0.25) is 11.8 Å². The maximum Gasteiger partial charge on any atom is 0.264 e. The molecule has 1 N–H and O–H groups in total. The van der Waals surface area contributed by atoms with E-state index in [9.17, 15) is 18.0 Å². The van der Waals surface area contributed by atoms with E-state index in [-0.39, 0.29) is 17.3 Å². The number of halogens is 1. The molecule has 0 aliphatic heterocycles. The first-order valence-corrected chi connectivity index (χ1v) is 14.5. The number of carbonyl (C=O) groups is 2. The number of anilines is 1. The van der Waals surface area contributed by atoms with E-state index in [1.807, 2.05) is 51.1 Å². The molecule has 3 aromatic rings. The van der Waals surface area contributed by atoms with Crippen LogP contribution >= 0.6 is 15.9 Å². The lowest BCUT2D eigenvalue weighted by Gasteiger charge is -2.33. The Morgan fingerprint density at radius 3 is 2.08 bits per heavy atom. The second-order valence-corrected chi connectivity index (χ2v) is 13.0. The number of aryl methyl sites for hydroxylation is 1. The molecule has 3 aromatic carbocycles. The Bertz CT molecular complexity index is 1370. The van der Waals surface area contributed by atoms with E-state index in [0.717, 1.165) is 14.3 Å². The quantitative estimate of drug-likeness (QED) is 0.362. The number of sulfonamides is 1. The van der Waals surface area contributed by atoms with E-state index in [2.05, 4.69) is 21.2 Å². The van der Waals surface area contributed by atoms with Gasteiger partial charge in [0, 0.05) is 16.6 Å². The molecule has 0 bridgehead atoms. The van der Waals surface area contributed by atoms with E-state index in [0.29, 0.717) is 11.3 Å². The fourth-order valence-corrected chi connectivity index (χ4v) is 5.68. The SMILES string of the molecule is Cc1ccccc1N(CC(=O)N(Cc1ccc(Br)cc1)[C@@H](C)C(=O)NC(C)(C)C)S(=O)(=O)c1ccccc1. The predicted octanol–water partition coefficient (Wildman–Crippen LogP) is 5.28. The Morgan fingerprint density at radius 2 is 1.50 bits per heavy atom. The second-order valence-electron chi connectivity index (χ2n) is 10.2. The van der Waals surface area contributed by atoms with E-state index in [4.69, 9.17) is 0 Å². The average Bonchev–Trinajstić information content (AvgIpc) is 2.86. The highest BCUT2D eigenvalue weighted by molar-refractivity contribution is 9.10. The summed E-state index contributed by atoms with van der Waals surface area (Å²) in [6.07, 6.45) is 0. The zero-order chi connectivity index (χ0) is 28.1. The van der Waals surface area contributed by atoms with Gasteiger partial charge in [-0.3, -0.25) is 13.9 Å². The monoisotopic (exact) mass is 599 g/mol. The summed E-state index contributed by atoms with van der Waals surface area (Å²) in [4.78, 5) is 28.6. The van der Waals surface area contributed by atoms with Gasteiger partial charge in [-0.2, -0.15) is 0 Å². The van der Waals surface area contributed by atoms with Crippen LogP contribution in [0.4, 0.5) is 5.69 Å². The van der Waals surface area contributed by atoms with E-state index < -0.39 is 34.1 Å². The molecule has 9 heteroatoms. The summed E-state index contributed by atoms with van der Waals surface area (Å²) >= 11 is 3.42. The van der Waals surface area contributed by atoms with E-state index in [1.54, 1.807) is 50.2 Å². The van der Waals surface area contributed by atoms with Crippen LogP contribution in [-0.2, 0) is 26.2 Å². The Labute approximate surface area is 234 Å². The molecule has 38 heavy (non-hydrogen) atoms. The number of benzene rings is 3. The Morgan fingerprint density at radius 1 is 0.921 bits per heavy atom. The highest BCUT2D eigenvalue weighted by Gasteiger charge is 2.33. The lowest BCUT2D eigenvalue weighted by molar-refractivity contribution is -0.140. The summed E-state index contributed by atoms with van der Waals surface area (Å²) < 4.78 is 29.6. The number of hydrogen-bond donors (Lipinski definition) is 1. The summed E-state index contributed by atoms with van der Waals surface area (Å²) in [7, 11) is -4.08. The molecule has 3 rings (SSSR count). The maximum absolute atomic E-state index is 13.9. The van der Waals surface area contributed by atoms with Crippen LogP contribution in [0.3, 0.4) is 0 Å². The number of hydrogen-bond acceptors (Lipinski definition) is 4. The average molecular weight is 601 g/mol. The summed E-state index contributed by atoms with van der Waals surface area (Å²) in [5, 5.41) is 2.93. The number of rotatable bonds is 9. The van der Waals surface area contributed by atoms with Crippen LogP contribution in [0, 0.1) is 6.92 Å². The first-order valence-electron chi connectivity index (χ1n) is 12.3. The molecule has 0 aliphatic rings. The number of carbonyl (C=O) groups excluding carboxylic acids is 2. The molecule has 0 fully saturated rings. The Balaban J connectivity index is 2.03. The molecular formula is C29H34BrN3O4S. The number of nitrogens with zero attached hydrogens (tertiary/aromatic N) is 2. The summed E-state index contributed by atoms with van der Waals surface area (Å²) in [5.74, 6) is -0.816. The van der Waals surface area contributed by atoms with Gasteiger partial charge in [-0.1, -0.05) is 64.5 Å². The Hall–Kier alpha value is -3.17. The molecule has 1 atom stereocenters. The van der Waals surface area contributed by atoms with Crippen LogP contribution in [0.25, 0.3) is 0 Å². The lowest BCUT2D eigenvalue weighted by atomic mass is 10.1. The first kappa shape index (κ1) is 29.4. The molecule has 0 spiro atoms. The van der Waals surface area contributed by atoms with Gasteiger partial charge >= 0.3 is 0 Å². The van der Waals surface area contributed by atoms with Crippen molar-refractivity contribution >= 4 is 43.5 Å². The third-order valence-electron chi connectivity index (χ3n) is 5.93. The van der Waals surface area contributed by atoms with Crippen molar-refractivity contribution in [2.24, 2.45) is 0 Å². The standard InChI is InChI=1S/C29H34BrN3O4S/c1-21-11-9-10-14-26(21)33(38(36,37)25-12-7-6-8-13-25)20-27(34)32(19-23-15-17-24(30)18-16-23)22(2)28(35)31-29(3,4)5/h6-18,22H,19-20H2,1-5H3,(H,31,35)/t22-/m0/s1. The third-order valence-corrected chi connectivity index (χ3v) is 8.23. The zero-order valence-electron chi connectivity index (χ0n) is 22.3. The highest BCUT2D eigenvalue weighted by atomic mass is 79.9. The number of amides is 2. The minimum atomic E-state index is -4.08. The van der Waals surface area contributed by atoms with E-state index in [1.165, 1.54) is 17.0 Å². The van der Waals surface area contributed by atoms with Gasteiger partial charge in [-0.25, -0.2) is 8.42 Å². The molecule has 0 radical (unpaired) electrons. The topological polar surface area (TPSA) is 86.8 Å². The number of para-hydroxylation sites is 1. The second kappa shape index (κ2) is 12.1. The molecule has 0 unspecified atom stereocenters. The fraction of sp³-hybridized carbons (Fsp3) is 0.310. The van der Waals surface area contributed by atoms with Crippen LogP contribution < -0.4 is 9.62 Å². The minimum absolute atomic E-state index is 0.0778. The van der Waals surface area contributed by atoms with Gasteiger partial charge in [0.25, 0.3) is 10.0 Å². The van der Waals surface area contributed by atoms with Crippen molar-refractivity contribution in [3.63, 3.8) is 0 Å². The molecule has 0 aliphatic carbocycles. The van der Waals surface area contributed by atoms with Crippen molar-refractivity contribution in [1.29, 1.82) is 0 Å². The van der Waals surface area contributed by atoms with Gasteiger partial charge in [-0.05, 0) is 76.1 Å². The van der Waals surface area contributed by atoms with Gasteiger partial charge in [0.05, 0.1) is 10.6 Å². The first-order chi connectivity index (χ1) is 17.8. The minimum Gasteiger partial charge on any atom is -0.350 e. The molecule has 0 aromatic heterocycles. The van der Waals surface area contributed by atoms with Crippen molar-refractivity contribution in [1.82, 2.24) is 10.2 Å². The predicted molar refractivity (Wildman–Crippen MR) is 154 cm³/mol. The van der Waals surface area contributed by atoms with Gasteiger partial charge in [-0.15, -0.1) is 0 Å². The van der Waals surface area contributed by atoms with Gasteiger partial charge < -0.3 is 10.2 Å². The zero-order valence-corrected chi connectivity index (χ0v) is 24.7. The van der Waals surface area contributed by atoms with Crippen LogP contribution in [0.1, 0.15) is 38.8 Å².